The molecule has 0 fully saturated rings. The maximum Gasteiger partial charge on any atom is 0.191 e. The first-order valence-corrected chi connectivity index (χ1v) is 9.88. The molecule has 2 rings (SSSR count). The van der Waals surface area contributed by atoms with Crippen molar-refractivity contribution in [1.82, 2.24) is 20.4 Å². The Morgan fingerprint density at radius 1 is 1.14 bits per heavy atom. The normalized spacial score (nSPS) is 11.8. The van der Waals surface area contributed by atoms with Crippen molar-refractivity contribution in [3.05, 3.63) is 48.3 Å². The van der Waals surface area contributed by atoms with Crippen molar-refractivity contribution in [2.24, 2.45) is 10.4 Å². The van der Waals surface area contributed by atoms with Crippen LogP contribution in [0.1, 0.15) is 45.6 Å². The highest BCUT2D eigenvalue weighted by Gasteiger charge is 2.25. The lowest BCUT2D eigenvalue weighted by molar-refractivity contribution is 0.169. The van der Waals surface area contributed by atoms with Gasteiger partial charge in [0.1, 0.15) is 0 Å². The van der Waals surface area contributed by atoms with Crippen molar-refractivity contribution in [3.8, 4) is 5.69 Å². The molecule has 0 unspecified atom stereocenters. The molecule has 0 spiro atoms. The number of nitrogens with one attached hydrogen (secondary N) is 2. The first-order chi connectivity index (χ1) is 13.2. The van der Waals surface area contributed by atoms with Crippen molar-refractivity contribution >= 4 is 29.9 Å². The average Bonchev–Trinajstić information content (AvgIpc) is 3.19. The summed E-state index contributed by atoms with van der Waals surface area (Å²) in [6.07, 6.45) is 6.72. The van der Waals surface area contributed by atoms with Crippen molar-refractivity contribution in [3.63, 3.8) is 0 Å². The molecule has 0 bridgehead atoms. The van der Waals surface area contributed by atoms with Gasteiger partial charge in [-0.3, -0.25) is 0 Å². The standard InChI is InChI=1S/C21H33N5O.HI/c1-4-21(5-2,12-13-27)17-24-20(22-6-3)23-14-18-15-25-26(16-18)19-10-8-7-9-11-19;/h7-11,15-16,27H,4-6,12-14,17H2,1-3H3,(H2,22,23,24);1H. The summed E-state index contributed by atoms with van der Waals surface area (Å²) < 4.78 is 1.87. The Morgan fingerprint density at radius 2 is 1.86 bits per heavy atom. The Morgan fingerprint density at radius 3 is 2.46 bits per heavy atom. The van der Waals surface area contributed by atoms with E-state index in [2.05, 4.69) is 36.5 Å². The van der Waals surface area contributed by atoms with E-state index in [9.17, 15) is 5.11 Å². The molecule has 1 heterocycles. The molecule has 28 heavy (non-hydrogen) atoms. The molecule has 0 amide bonds. The summed E-state index contributed by atoms with van der Waals surface area (Å²) in [7, 11) is 0. The monoisotopic (exact) mass is 499 g/mol. The number of aliphatic hydroxyl groups excluding tert-OH is 1. The highest BCUT2D eigenvalue weighted by atomic mass is 127. The first kappa shape index (κ1) is 24.4. The van der Waals surface area contributed by atoms with Gasteiger partial charge >= 0.3 is 0 Å². The predicted molar refractivity (Wildman–Crippen MR) is 127 cm³/mol. The third-order valence-electron chi connectivity index (χ3n) is 5.19. The number of nitrogens with zero attached hydrogens (tertiary/aromatic N) is 3. The predicted octanol–water partition coefficient (Wildman–Crippen LogP) is 3.73. The molecule has 0 saturated carbocycles. The molecule has 0 aliphatic rings. The van der Waals surface area contributed by atoms with Gasteiger partial charge in [-0.25, -0.2) is 9.67 Å². The largest absolute Gasteiger partial charge is 0.396 e. The van der Waals surface area contributed by atoms with E-state index in [1.807, 2.05) is 47.4 Å². The molecule has 0 saturated heterocycles. The lowest BCUT2D eigenvalue weighted by atomic mass is 9.79. The minimum Gasteiger partial charge on any atom is -0.396 e. The maximum atomic E-state index is 9.40. The third-order valence-corrected chi connectivity index (χ3v) is 5.19. The Bertz CT molecular complexity index is 698. The van der Waals surface area contributed by atoms with E-state index < -0.39 is 0 Å². The van der Waals surface area contributed by atoms with E-state index in [4.69, 9.17) is 4.99 Å². The average molecular weight is 499 g/mol. The lowest BCUT2D eigenvalue weighted by Gasteiger charge is -2.32. The van der Waals surface area contributed by atoms with E-state index in [1.54, 1.807) is 0 Å². The Hall–Kier alpha value is -1.61. The quantitative estimate of drug-likeness (QED) is 0.265. The summed E-state index contributed by atoms with van der Waals surface area (Å²) in [6.45, 7) is 8.82. The van der Waals surface area contributed by atoms with Crippen LogP contribution in [-0.4, -0.2) is 40.5 Å². The van der Waals surface area contributed by atoms with Crippen molar-refractivity contribution < 1.29 is 5.11 Å². The molecule has 1 aromatic carbocycles. The van der Waals surface area contributed by atoms with Gasteiger partial charge in [0, 0.05) is 31.5 Å². The Kier molecular flexibility index (Phi) is 11.1. The maximum absolute atomic E-state index is 9.40. The van der Waals surface area contributed by atoms with Crippen molar-refractivity contribution in [2.75, 3.05) is 19.7 Å². The van der Waals surface area contributed by atoms with Crippen LogP contribution in [0.2, 0.25) is 0 Å². The molecular weight excluding hydrogens is 465 g/mol. The zero-order valence-electron chi connectivity index (χ0n) is 17.2. The summed E-state index contributed by atoms with van der Waals surface area (Å²) in [5, 5.41) is 20.6. The summed E-state index contributed by atoms with van der Waals surface area (Å²) in [5.41, 5.74) is 2.20. The van der Waals surface area contributed by atoms with E-state index >= 15 is 0 Å². The number of hydrogen-bond donors (Lipinski definition) is 3. The molecule has 3 N–H and O–H groups in total. The van der Waals surface area contributed by atoms with Gasteiger partial charge in [-0.15, -0.1) is 24.0 Å². The van der Waals surface area contributed by atoms with E-state index in [-0.39, 0.29) is 36.0 Å². The summed E-state index contributed by atoms with van der Waals surface area (Å²) >= 11 is 0. The fourth-order valence-electron chi connectivity index (χ4n) is 3.13. The van der Waals surface area contributed by atoms with Crippen LogP contribution in [-0.2, 0) is 6.54 Å². The summed E-state index contributed by atoms with van der Waals surface area (Å²) in [4.78, 5) is 4.70. The van der Waals surface area contributed by atoms with Gasteiger partial charge in [0.25, 0.3) is 0 Å². The minimum atomic E-state index is 0. The van der Waals surface area contributed by atoms with E-state index in [1.165, 1.54) is 0 Å². The Balaban J connectivity index is 0.00000392. The minimum absolute atomic E-state index is 0. The fraction of sp³-hybridized carbons (Fsp3) is 0.524. The number of aliphatic imine (C=N–C) groups is 1. The molecule has 2 aromatic rings. The molecule has 1 aromatic heterocycles. The lowest BCUT2D eigenvalue weighted by Crippen LogP contribution is -2.43. The molecule has 156 valence electrons. The van der Waals surface area contributed by atoms with Crippen LogP contribution in [0.5, 0.6) is 0 Å². The third kappa shape index (κ3) is 7.09. The number of guanidine groups is 1. The van der Waals surface area contributed by atoms with Crippen LogP contribution in [0, 0.1) is 5.41 Å². The zero-order valence-corrected chi connectivity index (χ0v) is 19.5. The van der Waals surface area contributed by atoms with Crippen molar-refractivity contribution in [1.29, 1.82) is 0 Å². The van der Waals surface area contributed by atoms with Gasteiger partial charge in [-0.2, -0.15) is 5.10 Å². The number of aromatic nitrogens is 2. The Labute approximate surface area is 185 Å². The molecule has 7 heteroatoms. The highest BCUT2D eigenvalue weighted by Crippen LogP contribution is 2.29. The van der Waals surface area contributed by atoms with Crippen LogP contribution in [0.15, 0.2) is 47.7 Å². The van der Waals surface area contributed by atoms with Crippen molar-refractivity contribution in [2.45, 2.75) is 46.6 Å². The number of benzene rings is 1. The zero-order chi connectivity index (χ0) is 19.5. The number of para-hydroxylation sites is 1. The molecule has 0 atom stereocenters. The van der Waals surface area contributed by atoms with E-state index in [0.29, 0.717) is 6.54 Å². The summed E-state index contributed by atoms with van der Waals surface area (Å²) in [6, 6.07) is 10.1. The van der Waals surface area contributed by atoms with Gasteiger partial charge in [0.05, 0.1) is 18.4 Å². The first-order valence-electron chi connectivity index (χ1n) is 9.88. The molecule has 0 aliphatic carbocycles. The summed E-state index contributed by atoms with van der Waals surface area (Å²) in [5.74, 6) is 0.800. The van der Waals surface area contributed by atoms with Gasteiger partial charge < -0.3 is 15.7 Å². The van der Waals surface area contributed by atoms with Gasteiger partial charge in [0.15, 0.2) is 5.96 Å². The van der Waals surface area contributed by atoms with Crippen LogP contribution < -0.4 is 10.6 Å². The number of halogens is 1. The van der Waals surface area contributed by atoms with Crippen LogP contribution >= 0.6 is 24.0 Å². The number of rotatable bonds is 10. The number of hydrogen-bond acceptors (Lipinski definition) is 3. The van der Waals surface area contributed by atoms with E-state index in [0.717, 1.165) is 49.6 Å². The van der Waals surface area contributed by atoms with Gasteiger partial charge in [0.2, 0.25) is 0 Å². The highest BCUT2D eigenvalue weighted by molar-refractivity contribution is 14.0. The second-order valence-electron chi connectivity index (χ2n) is 6.86. The fourth-order valence-corrected chi connectivity index (χ4v) is 3.13. The van der Waals surface area contributed by atoms with Gasteiger partial charge in [-0.05, 0) is 43.7 Å². The topological polar surface area (TPSA) is 74.5 Å². The van der Waals surface area contributed by atoms with Crippen LogP contribution in [0.25, 0.3) is 5.69 Å². The van der Waals surface area contributed by atoms with Crippen LogP contribution in [0.4, 0.5) is 0 Å². The SMILES string of the molecule is CCNC(=NCc1cnn(-c2ccccc2)c1)NCC(CC)(CC)CCO.I. The molecule has 0 aliphatic heterocycles. The second kappa shape index (κ2) is 12.8. The second-order valence-corrected chi connectivity index (χ2v) is 6.86. The molecular formula is C21H34IN5O. The van der Waals surface area contributed by atoms with Crippen LogP contribution in [0.3, 0.4) is 0 Å². The molecule has 6 nitrogen and oxygen atoms in total. The smallest absolute Gasteiger partial charge is 0.191 e. The number of aliphatic hydroxyl groups is 1. The van der Waals surface area contributed by atoms with Gasteiger partial charge in [-0.1, -0.05) is 32.0 Å². The molecule has 0 radical (unpaired) electrons.